The molecule has 1 saturated heterocycles. The first kappa shape index (κ1) is 15.3. The first-order chi connectivity index (χ1) is 9.01. The van der Waals surface area contributed by atoms with Crippen LogP contribution in [0, 0.1) is 12.3 Å². The van der Waals surface area contributed by atoms with E-state index >= 15 is 0 Å². The van der Waals surface area contributed by atoms with Crippen LogP contribution in [0.4, 0.5) is 0 Å². The van der Waals surface area contributed by atoms with Crippen molar-refractivity contribution in [3.05, 3.63) is 33.7 Å². The summed E-state index contributed by atoms with van der Waals surface area (Å²) in [6, 6.07) is 1.79. The average molecular weight is 277 g/mol. The number of rotatable bonds is 1. The van der Waals surface area contributed by atoms with E-state index in [9.17, 15) is 14.9 Å². The van der Waals surface area contributed by atoms with Crippen molar-refractivity contribution in [3.63, 3.8) is 0 Å². The lowest BCUT2D eigenvalue weighted by Gasteiger charge is -2.37. The van der Waals surface area contributed by atoms with E-state index in [0.29, 0.717) is 5.56 Å². The Morgan fingerprint density at radius 3 is 2.25 bits per heavy atom. The summed E-state index contributed by atoms with van der Waals surface area (Å²) in [5, 5.41) is 21.0. The minimum Gasteiger partial charge on any atom is -0.449 e. The highest BCUT2D eigenvalue weighted by Crippen LogP contribution is 2.60. The molecule has 1 aliphatic heterocycles. The second-order valence-corrected chi connectivity index (χ2v) is 7.23. The molecule has 0 saturated carbocycles. The SMILES string of the molecule is Cc1cc(C2B(O)C(C)(C)C(C)(C)C2O)cn(C)c1=O. The van der Waals surface area contributed by atoms with Crippen LogP contribution < -0.4 is 5.56 Å². The normalized spacial score (nSPS) is 27.9. The molecule has 4 nitrogen and oxygen atoms in total. The Morgan fingerprint density at radius 1 is 1.30 bits per heavy atom. The molecule has 5 heteroatoms. The van der Waals surface area contributed by atoms with Gasteiger partial charge in [0.15, 0.2) is 0 Å². The molecule has 1 aliphatic rings. The molecule has 0 radical (unpaired) electrons. The van der Waals surface area contributed by atoms with Gasteiger partial charge in [0, 0.05) is 24.6 Å². The van der Waals surface area contributed by atoms with Crippen LogP contribution in [0.25, 0.3) is 0 Å². The molecular weight excluding hydrogens is 253 g/mol. The molecular formula is C15H24BNO3. The van der Waals surface area contributed by atoms with E-state index in [1.807, 2.05) is 27.7 Å². The van der Waals surface area contributed by atoms with Crippen LogP contribution in [0.3, 0.4) is 0 Å². The van der Waals surface area contributed by atoms with E-state index in [4.69, 9.17) is 0 Å². The molecule has 1 aromatic heterocycles. The quantitative estimate of drug-likeness (QED) is 0.764. The standard InChI is InChI=1S/C15H24BNO3/c1-9-7-10(8-17(6)13(9)19)11-12(18)14(2,3)15(4,5)16(11)20/h7-8,11-12,18,20H,1-6H3. The van der Waals surface area contributed by atoms with E-state index in [-0.39, 0.29) is 11.4 Å². The molecule has 2 rings (SSSR count). The van der Waals surface area contributed by atoms with E-state index in [0.717, 1.165) is 5.56 Å². The lowest BCUT2D eigenvalue weighted by molar-refractivity contribution is 0.0405. The van der Waals surface area contributed by atoms with Crippen LogP contribution in [-0.4, -0.2) is 27.7 Å². The summed E-state index contributed by atoms with van der Waals surface area (Å²) in [7, 11) is 1.70. The molecule has 0 aliphatic carbocycles. The summed E-state index contributed by atoms with van der Waals surface area (Å²) in [4.78, 5) is 11.8. The summed E-state index contributed by atoms with van der Waals surface area (Å²) in [5.74, 6) is -0.370. The number of nitrogens with zero attached hydrogens (tertiary/aromatic N) is 1. The maximum absolute atomic E-state index is 11.8. The molecule has 0 amide bonds. The Kier molecular flexibility index (Phi) is 3.42. The van der Waals surface area contributed by atoms with Gasteiger partial charge in [-0.15, -0.1) is 0 Å². The predicted octanol–water partition coefficient (Wildman–Crippen LogP) is 1.48. The van der Waals surface area contributed by atoms with Crippen molar-refractivity contribution in [2.24, 2.45) is 12.5 Å². The van der Waals surface area contributed by atoms with Crippen LogP contribution in [0.2, 0.25) is 5.31 Å². The number of hydrogen-bond acceptors (Lipinski definition) is 3. The Labute approximate surface area is 120 Å². The van der Waals surface area contributed by atoms with Crippen LogP contribution >= 0.6 is 0 Å². The number of pyridine rings is 1. The van der Waals surface area contributed by atoms with Crippen molar-refractivity contribution >= 4 is 6.92 Å². The summed E-state index contributed by atoms with van der Waals surface area (Å²) in [6.45, 7) is 9.04. The van der Waals surface area contributed by atoms with Gasteiger partial charge >= 0.3 is 6.92 Å². The second-order valence-electron chi connectivity index (χ2n) is 7.23. The zero-order valence-corrected chi connectivity index (χ0v) is 13.1. The fraction of sp³-hybridized carbons (Fsp3) is 0.667. The minimum absolute atomic E-state index is 0.0470. The number of hydrogen-bond donors (Lipinski definition) is 2. The van der Waals surface area contributed by atoms with Gasteiger partial charge in [-0.05, 0) is 29.3 Å². The summed E-state index contributed by atoms with van der Waals surface area (Å²) >= 11 is 0. The average Bonchev–Trinajstić information content (AvgIpc) is 2.45. The van der Waals surface area contributed by atoms with Crippen molar-refractivity contribution in [1.29, 1.82) is 0 Å². The molecule has 0 bridgehead atoms. The van der Waals surface area contributed by atoms with E-state index in [1.165, 1.54) is 4.57 Å². The molecule has 1 aromatic rings. The molecule has 2 atom stereocenters. The highest BCUT2D eigenvalue weighted by Gasteiger charge is 2.62. The van der Waals surface area contributed by atoms with Gasteiger partial charge in [-0.25, -0.2) is 0 Å². The van der Waals surface area contributed by atoms with Crippen molar-refractivity contribution in [3.8, 4) is 0 Å². The molecule has 20 heavy (non-hydrogen) atoms. The third-order valence-electron chi connectivity index (χ3n) is 5.59. The Hall–Kier alpha value is -1.07. The Morgan fingerprint density at radius 2 is 1.85 bits per heavy atom. The first-order valence-electron chi connectivity index (χ1n) is 7.05. The third kappa shape index (κ3) is 1.87. The van der Waals surface area contributed by atoms with Gasteiger partial charge < -0.3 is 14.7 Å². The van der Waals surface area contributed by atoms with Crippen molar-refractivity contribution < 1.29 is 10.1 Å². The number of aliphatic hydroxyl groups excluding tert-OH is 1. The summed E-state index contributed by atoms with van der Waals surface area (Å²) < 4.78 is 1.52. The van der Waals surface area contributed by atoms with Gasteiger partial charge in [-0.3, -0.25) is 4.79 Å². The minimum atomic E-state index is -0.649. The lowest BCUT2D eigenvalue weighted by Crippen LogP contribution is -2.34. The Bertz CT molecular complexity index is 545. The van der Waals surface area contributed by atoms with Gasteiger partial charge in [-0.1, -0.05) is 27.7 Å². The van der Waals surface area contributed by atoms with Gasteiger partial charge in [0.2, 0.25) is 0 Å². The Balaban J connectivity index is 2.57. The maximum atomic E-state index is 11.8. The molecule has 0 spiro atoms. The van der Waals surface area contributed by atoms with Crippen molar-refractivity contribution in [2.45, 2.75) is 51.9 Å². The van der Waals surface area contributed by atoms with E-state index < -0.39 is 23.7 Å². The third-order valence-corrected chi connectivity index (χ3v) is 5.59. The van der Waals surface area contributed by atoms with Crippen molar-refractivity contribution in [1.82, 2.24) is 4.57 Å². The largest absolute Gasteiger partial charge is 0.449 e. The molecule has 0 aromatic carbocycles. The highest BCUT2D eigenvalue weighted by molar-refractivity contribution is 6.57. The smallest absolute Gasteiger partial charge is 0.305 e. The van der Waals surface area contributed by atoms with E-state index in [1.54, 1.807) is 26.2 Å². The van der Waals surface area contributed by atoms with Crippen LogP contribution in [-0.2, 0) is 7.05 Å². The van der Waals surface area contributed by atoms with Gasteiger partial charge in [0.1, 0.15) is 0 Å². The zero-order chi connectivity index (χ0) is 15.5. The maximum Gasteiger partial charge on any atom is 0.305 e. The van der Waals surface area contributed by atoms with Gasteiger partial charge in [0.05, 0.1) is 6.10 Å². The van der Waals surface area contributed by atoms with Crippen LogP contribution in [0.5, 0.6) is 0 Å². The fourth-order valence-corrected chi connectivity index (χ4v) is 3.29. The van der Waals surface area contributed by atoms with Gasteiger partial charge in [0.25, 0.3) is 5.56 Å². The predicted molar refractivity (Wildman–Crippen MR) is 81.0 cm³/mol. The summed E-state index contributed by atoms with van der Waals surface area (Å²) in [5.41, 5.74) is 1.00. The zero-order valence-electron chi connectivity index (χ0n) is 13.1. The van der Waals surface area contributed by atoms with Crippen molar-refractivity contribution in [2.75, 3.05) is 0 Å². The lowest BCUT2D eigenvalue weighted by atomic mass is 9.41. The fourth-order valence-electron chi connectivity index (χ4n) is 3.29. The molecule has 2 unspecified atom stereocenters. The summed E-state index contributed by atoms with van der Waals surface area (Å²) in [6.07, 6.45) is 1.08. The number of aromatic nitrogens is 1. The second kappa shape index (κ2) is 4.47. The molecule has 2 heterocycles. The van der Waals surface area contributed by atoms with Crippen LogP contribution in [0.1, 0.15) is 44.6 Å². The monoisotopic (exact) mass is 277 g/mol. The van der Waals surface area contributed by atoms with E-state index in [2.05, 4.69) is 0 Å². The van der Waals surface area contributed by atoms with Crippen LogP contribution in [0.15, 0.2) is 17.1 Å². The topological polar surface area (TPSA) is 62.5 Å². The molecule has 1 fully saturated rings. The number of aryl methyl sites for hydroxylation is 2. The number of aliphatic hydroxyl groups is 1. The van der Waals surface area contributed by atoms with Gasteiger partial charge in [-0.2, -0.15) is 0 Å². The highest BCUT2D eigenvalue weighted by atomic mass is 16.3. The molecule has 110 valence electrons. The molecule has 2 N–H and O–H groups in total. The first-order valence-corrected chi connectivity index (χ1v) is 7.05.